The van der Waals surface area contributed by atoms with Crippen LogP contribution in [0.5, 0.6) is 5.75 Å². The highest BCUT2D eigenvalue weighted by Gasteiger charge is 2.22. The van der Waals surface area contributed by atoms with E-state index < -0.39 is 4.92 Å². The molecule has 0 aliphatic heterocycles. The minimum atomic E-state index is -0.414. The van der Waals surface area contributed by atoms with E-state index in [1.807, 2.05) is 19.1 Å². The van der Waals surface area contributed by atoms with Gasteiger partial charge in [0.25, 0.3) is 5.69 Å². The Morgan fingerprint density at radius 3 is 2.61 bits per heavy atom. The monoisotopic (exact) mass is 315 g/mol. The van der Waals surface area contributed by atoms with Crippen molar-refractivity contribution >= 4 is 27.6 Å². The van der Waals surface area contributed by atoms with Crippen molar-refractivity contribution < 1.29 is 18.8 Å². The molecule has 120 valence electrons. The molecule has 6 heteroatoms. The highest BCUT2D eigenvalue weighted by atomic mass is 16.6. The van der Waals surface area contributed by atoms with Gasteiger partial charge < -0.3 is 13.9 Å². The molecule has 0 saturated heterocycles. The zero-order chi connectivity index (χ0) is 16.6. The smallest absolute Gasteiger partial charge is 0.278 e. The fourth-order valence-electron chi connectivity index (χ4n) is 2.68. The first-order chi connectivity index (χ1) is 11.0. The number of rotatable bonds is 5. The lowest BCUT2D eigenvalue weighted by molar-refractivity contribution is -0.386. The van der Waals surface area contributed by atoms with E-state index in [-0.39, 0.29) is 11.8 Å². The highest BCUT2D eigenvalue weighted by molar-refractivity contribution is 6.06. The van der Waals surface area contributed by atoms with Gasteiger partial charge in [-0.05, 0) is 32.0 Å². The third kappa shape index (κ3) is 2.61. The molecule has 3 aromatic rings. The van der Waals surface area contributed by atoms with Crippen molar-refractivity contribution in [3.05, 3.63) is 46.0 Å². The van der Waals surface area contributed by atoms with Gasteiger partial charge in [-0.15, -0.1) is 0 Å². The molecule has 0 amide bonds. The summed E-state index contributed by atoms with van der Waals surface area (Å²) < 4.78 is 16.5. The molecule has 0 saturated carbocycles. The fraction of sp³-hybridized carbons (Fsp3) is 0.294. The average molecular weight is 315 g/mol. The largest absolute Gasteiger partial charge is 0.494 e. The van der Waals surface area contributed by atoms with E-state index in [1.165, 1.54) is 13.2 Å². The van der Waals surface area contributed by atoms with Crippen LogP contribution in [0.4, 0.5) is 5.69 Å². The number of hydrogen-bond acceptors (Lipinski definition) is 5. The van der Waals surface area contributed by atoms with Gasteiger partial charge in [0.15, 0.2) is 0 Å². The first-order valence-corrected chi connectivity index (χ1v) is 7.35. The lowest BCUT2D eigenvalue weighted by Gasteiger charge is -2.10. The van der Waals surface area contributed by atoms with Crippen LogP contribution >= 0.6 is 0 Å². The van der Waals surface area contributed by atoms with Gasteiger partial charge in [-0.25, -0.2) is 0 Å². The third-order valence-corrected chi connectivity index (χ3v) is 3.89. The number of nitro benzene ring substituents is 1. The maximum atomic E-state index is 11.3. The van der Waals surface area contributed by atoms with E-state index in [0.29, 0.717) is 29.1 Å². The van der Waals surface area contributed by atoms with Gasteiger partial charge >= 0.3 is 0 Å². The Balaban J connectivity index is 2.27. The summed E-state index contributed by atoms with van der Waals surface area (Å²) in [5, 5.41) is 13.0. The predicted molar refractivity (Wildman–Crippen MR) is 87.0 cm³/mol. The number of nitrogens with zero attached hydrogens (tertiary/aromatic N) is 1. The molecule has 1 atom stereocenters. The van der Waals surface area contributed by atoms with E-state index >= 15 is 0 Å². The van der Waals surface area contributed by atoms with Crippen LogP contribution in [0, 0.1) is 10.1 Å². The molecule has 0 bridgehead atoms. The molecule has 2 aromatic carbocycles. The second kappa shape index (κ2) is 5.89. The second-order valence-electron chi connectivity index (χ2n) is 5.24. The molecular formula is C17H17NO5. The van der Waals surface area contributed by atoms with Crippen molar-refractivity contribution in [2.45, 2.75) is 20.0 Å². The van der Waals surface area contributed by atoms with Gasteiger partial charge in [0.2, 0.25) is 0 Å². The number of benzene rings is 2. The molecule has 1 aromatic heterocycles. The third-order valence-electron chi connectivity index (χ3n) is 3.89. The summed E-state index contributed by atoms with van der Waals surface area (Å²) in [7, 11) is 1.53. The minimum absolute atomic E-state index is 0.00376. The maximum Gasteiger partial charge on any atom is 0.278 e. The van der Waals surface area contributed by atoms with Gasteiger partial charge in [0.05, 0.1) is 29.3 Å². The van der Waals surface area contributed by atoms with Crippen molar-refractivity contribution in [3.63, 3.8) is 0 Å². The first kappa shape index (κ1) is 15.3. The van der Waals surface area contributed by atoms with Gasteiger partial charge in [0.1, 0.15) is 16.9 Å². The topological polar surface area (TPSA) is 74.7 Å². The Bertz CT molecular complexity index is 883. The van der Waals surface area contributed by atoms with Crippen LogP contribution in [0.3, 0.4) is 0 Å². The van der Waals surface area contributed by atoms with Gasteiger partial charge in [-0.1, -0.05) is 0 Å². The lowest BCUT2D eigenvalue weighted by atomic mass is 10.0. The predicted octanol–water partition coefficient (Wildman–Crippen LogP) is 4.60. The maximum absolute atomic E-state index is 11.3. The Hall–Kier alpha value is -2.60. The highest BCUT2D eigenvalue weighted by Crippen LogP contribution is 2.37. The van der Waals surface area contributed by atoms with Crippen LogP contribution in [0.2, 0.25) is 0 Å². The number of methoxy groups -OCH3 is 1. The number of nitro groups is 1. The summed E-state index contributed by atoms with van der Waals surface area (Å²) in [6.07, 6.45) is -0.382. The van der Waals surface area contributed by atoms with Crippen molar-refractivity contribution in [1.29, 1.82) is 0 Å². The van der Waals surface area contributed by atoms with Gasteiger partial charge in [0, 0.05) is 23.9 Å². The van der Waals surface area contributed by atoms with E-state index in [9.17, 15) is 10.1 Å². The normalized spacial score (nSPS) is 12.7. The summed E-state index contributed by atoms with van der Waals surface area (Å²) in [5.74, 6) is 0.707. The van der Waals surface area contributed by atoms with Crippen LogP contribution < -0.4 is 4.74 Å². The van der Waals surface area contributed by atoms with Crippen LogP contribution in [0.1, 0.15) is 25.5 Å². The van der Waals surface area contributed by atoms with Crippen LogP contribution in [-0.2, 0) is 4.74 Å². The van der Waals surface area contributed by atoms with Gasteiger partial charge in [-0.3, -0.25) is 10.1 Å². The van der Waals surface area contributed by atoms with Crippen molar-refractivity contribution in [2.75, 3.05) is 13.7 Å². The molecule has 3 rings (SSSR count). The quantitative estimate of drug-likeness (QED) is 0.508. The Morgan fingerprint density at radius 2 is 1.96 bits per heavy atom. The summed E-state index contributed by atoms with van der Waals surface area (Å²) in [4.78, 5) is 10.9. The average Bonchev–Trinajstić information content (AvgIpc) is 2.89. The summed E-state index contributed by atoms with van der Waals surface area (Å²) in [6.45, 7) is 4.25. The summed E-state index contributed by atoms with van der Waals surface area (Å²) in [5.41, 5.74) is 1.65. The van der Waals surface area contributed by atoms with Crippen molar-refractivity contribution in [2.24, 2.45) is 0 Å². The number of hydrogen-bond donors (Lipinski definition) is 0. The zero-order valence-electron chi connectivity index (χ0n) is 13.2. The number of furan rings is 1. The molecule has 23 heavy (non-hydrogen) atoms. The molecule has 0 fully saturated rings. The zero-order valence-corrected chi connectivity index (χ0v) is 13.2. The molecule has 1 heterocycles. The Labute approximate surface area is 132 Å². The number of fused-ring (bicyclic) bond motifs is 3. The molecule has 1 unspecified atom stereocenters. The second-order valence-corrected chi connectivity index (χ2v) is 5.24. The number of ether oxygens (including phenoxy) is 2. The van der Waals surface area contributed by atoms with Crippen LogP contribution in [0.25, 0.3) is 21.9 Å². The summed E-state index contributed by atoms with van der Waals surface area (Å²) in [6, 6.07) is 8.79. The van der Waals surface area contributed by atoms with Crippen LogP contribution in [-0.4, -0.2) is 18.6 Å². The molecule has 0 N–H and O–H groups in total. The lowest BCUT2D eigenvalue weighted by Crippen LogP contribution is -2.01. The fourth-order valence-corrected chi connectivity index (χ4v) is 2.68. The molecule has 0 aliphatic rings. The van der Waals surface area contributed by atoms with E-state index in [0.717, 1.165) is 10.8 Å². The van der Waals surface area contributed by atoms with E-state index in [4.69, 9.17) is 13.9 Å². The summed E-state index contributed by atoms with van der Waals surface area (Å²) >= 11 is 0. The van der Waals surface area contributed by atoms with E-state index in [2.05, 4.69) is 0 Å². The molecule has 0 spiro atoms. The Morgan fingerprint density at radius 1 is 1.22 bits per heavy atom. The standard InChI is InChI=1S/C17H17NO5/c1-4-22-11-5-6-12-14-8-13(10(2)21-3)15(18(19)20)9-17(14)23-16(12)7-11/h5-10H,4H2,1-3H3. The molecule has 0 aliphatic carbocycles. The van der Waals surface area contributed by atoms with Crippen molar-refractivity contribution in [3.8, 4) is 5.75 Å². The molecule has 6 nitrogen and oxygen atoms in total. The SMILES string of the molecule is CCOc1ccc2c(c1)oc1cc([N+](=O)[O-])c(C(C)OC)cc12. The van der Waals surface area contributed by atoms with Crippen LogP contribution in [0.15, 0.2) is 34.7 Å². The molecule has 0 radical (unpaired) electrons. The minimum Gasteiger partial charge on any atom is -0.494 e. The van der Waals surface area contributed by atoms with Crippen molar-refractivity contribution in [1.82, 2.24) is 0 Å². The first-order valence-electron chi connectivity index (χ1n) is 7.35. The van der Waals surface area contributed by atoms with E-state index in [1.54, 1.807) is 19.1 Å². The Kier molecular flexibility index (Phi) is 3.92. The van der Waals surface area contributed by atoms with Gasteiger partial charge in [-0.2, -0.15) is 0 Å². The molecular weight excluding hydrogens is 298 g/mol.